The summed E-state index contributed by atoms with van der Waals surface area (Å²) in [6.45, 7) is 8.72. The van der Waals surface area contributed by atoms with Crippen LogP contribution in [0.25, 0.3) is 0 Å². The minimum absolute atomic E-state index is 0.0342. The van der Waals surface area contributed by atoms with Gasteiger partial charge in [-0.15, -0.1) is 0 Å². The van der Waals surface area contributed by atoms with Crippen molar-refractivity contribution in [3.05, 3.63) is 29.3 Å². The lowest BCUT2D eigenvalue weighted by Gasteiger charge is -2.32. The van der Waals surface area contributed by atoms with E-state index in [1.54, 1.807) is 0 Å². The van der Waals surface area contributed by atoms with Gasteiger partial charge < -0.3 is 10.2 Å². The van der Waals surface area contributed by atoms with Gasteiger partial charge >= 0.3 is 6.03 Å². The Balaban J connectivity index is 2.22. The predicted molar refractivity (Wildman–Crippen MR) is 98.3 cm³/mol. The Hall–Kier alpha value is -1.51. The number of nitrogens with zero attached hydrogens (tertiary/aromatic N) is 1. The van der Waals surface area contributed by atoms with Crippen molar-refractivity contribution in [2.45, 2.75) is 77.7 Å². The van der Waals surface area contributed by atoms with Crippen LogP contribution in [0, 0.1) is 0 Å². The summed E-state index contributed by atoms with van der Waals surface area (Å²) in [5.74, 6) is 0.785. The number of urea groups is 1. The lowest BCUT2D eigenvalue weighted by atomic mass is 9.92. The molecular weight excluding hydrogens is 284 g/mol. The Morgan fingerprint density at radius 1 is 1.04 bits per heavy atom. The predicted octanol–water partition coefficient (Wildman–Crippen LogP) is 5.73. The highest BCUT2D eigenvalue weighted by Gasteiger charge is 2.24. The zero-order valence-corrected chi connectivity index (χ0v) is 15.4. The van der Waals surface area contributed by atoms with Crippen LogP contribution in [0.15, 0.2) is 18.2 Å². The summed E-state index contributed by atoms with van der Waals surface area (Å²) >= 11 is 0. The van der Waals surface area contributed by atoms with Gasteiger partial charge in [0.15, 0.2) is 0 Å². The molecule has 0 bridgehead atoms. The molecule has 2 rings (SSSR count). The fourth-order valence-corrected chi connectivity index (χ4v) is 3.52. The maximum atomic E-state index is 12.8. The van der Waals surface area contributed by atoms with Crippen molar-refractivity contribution in [2.75, 3.05) is 12.4 Å². The molecular formula is C20H32N2O. The van der Waals surface area contributed by atoms with Crippen LogP contribution in [-0.4, -0.2) is 24.0 Å². The summed E-state index contributed by atoms with van der Waals surface area (Å²) in [5.41, 5.74) is 3.47. The number of carbonyl (C=O) groups is 1. The van der Waals surface area contributed by atoms with E-state index in [-0.39, 0.29) is 6.03 Å². The first-order valence-corrected chi connectivity index (χ1v) is 9.08. The molecule has 1 aromatic rings. The van der Waals surface area contributed by atoms with E-state index in [0.717, 1.165) is 18.5 Å². The van der Waals surface area contributed by atoms with Crippen LogP contribution in [-0.2, 0) is 0 Å². The average molecular weight is 316 g/mol. The van der Waals surface area contributed by atoms with Gasteiger partial charge in [0, 0.05) is 18.8 Å². The summed E-state index contributed by atoms with van der Waals surface area (Å²) in [6.07, 6.45) is 6.05. The van der Waals surface area contributed by atoms with Gasteiger partial charge in [-0.1, -0.05) is 65.2 Å². The molecule has 0 aliphatic heterocycles. The first-order valence-electron chi connectivity index (χ1n) is 9.08. The molecule has 0 heterocycles. The van der Waals surface area contributed by atoms with Crippen molar-refractivity contribution in [3.63, 3.8) is 0 Å². The fraction of sp³-hybridized carbons (Fsp3) is 0.650. The fourth-order valence-electron chi connectivity index (χ4n) is 3.52. The largest absolute Gasteiger partial charge is 0.325 e. The maximum absolute atomic E-state index is 12.8. The topological polar surface area (TPSA) is 32.3 Å². The normalized spacial score (nSPS) is 16.0. The molecule has 2 amide bonds. The second-order valence-corrected chi connectivity index (χ2v) is 7.45. The smallest absolute Gasteiger partial charge is 0.321 e. The molecule has 128 valence electrons. The highest BCUT2D eigenvalue weighted by Crippen LogP contribution is 2.33. The third-order valence-corrected chi connectivity index (χ3v) is 5.05. The van der Waals surface area contributed by atoms with Crippen LogP contribution in [0.1, 0.15) is 82.8 Å². The van der Waals surface area contributed by atoms with E-state index in [4.69, 9.17) is 0 Å². The standard InChI is InChI=1S/C20H32N2O/c1-14(2)17-12-9-13-18(15(3)4)19(17)21-20(23)22(5)16-10-7-6-8-11-16/h9,12-16H,6-8,10-11H2,1-5H3,(H,21,23). The first kappa shape index (κ1) is 17.8. The van der Waals surface area contributed by atoms with E-state index in [2.05, 4.69) is 51.2 Å². The number of hydrogen-bond acceptors (Lipinski definition) is 1. The second-order valence-electron chi connectivity index (χ2n) is 7.45. The molecule has 0 unspecified atom stereocenters. The molecule has 1 aliphatic carbocycles. The highest BCUT2D eigenvalue weighted by molar-refractivity contribution is 5.91. The number of hydrogen-bond donors (Lipinski definition) is 1. The summed E-state index contributed by atoms with van der Waals surface area (Å²) < 4.78 is 0. The Kier molecular flexibility index (Phi) is 6.09. The van der Waals surface area contributed by atoms with Gasteiger partial charge in [0.2, 0.25) is 0 Å². The summed E-state index contributed by atoms with van der Waals surface area (Å²) in [7, 11) is 1.94. The van der Waals surface area contributed by atoms with Gasteiger partial charge in [-0.05, 0) is 35.8 Å². The molecule has 0 atom stereocenters. The summed E-state index contributed by atoms with van der Waals surface area (Å²) in [6, 6.07) is 6.79. The van der Waals surface area contributed by atoms with Crippen LogP contribution in [0.5, 0.6) is 0 Å². The number of anilines is 1. The molecule has 0 radical (unpaired) electrons. The molecule has 23 heavy (non-hydrogen) atoms. The van der Waals surface area contributed by atoms with Gasteiger partial charge in [0.25, 0.3) is 0 Å². The number of carbonyl (C=O) groups excluding carboxylic acids is 1. The van der Waals surface area contributed by atoms with Crippen LogP contribution in [0.4, 0.5) is 10.5 Å². The lowest BCUT2D eigenvalue weighted by molar-refractivity contribution is 0.186. The Morgan fingerprint density at radius 3 is 2.04 bits per heavy atom. The number of para-hydroxylation sites is 1. The molecule has 1 aromatic carbocycles. The number of nitrogens with one attached hydrogen (secondary N) is 1. The van der Waals surface area contributed by atoms with E-state index >= 15 is 0 Å². The van der Waals surface area contributed by atoms with Crippen LogP contribution < -0.4 is 5.32 Å². The highest BCUT2D eigenvalue weighted by atomic mass is 16.2. The first-order chi connectivity index (χ1) is 10.9. The van der Waals surface area contributed by atoms with E-state index in [1.165, 1.54) is 30.4 Å². The van der Waals surface area contributed by atoms with Crippen LogP contribution in [0.3, 0.4) is 0 Å². The average Bonchev–Trinajstić information content (AvgIpc) is 2.54. The molecule has 3 nitrogen and oxygen atoms in total. The molecule has 1 aliphatic rings. The molecule has 0 saturated heterocycles. The lowest BCUT2D eigenvalue weighted by Crippen LogP contribution is -2.41. The van der Waals surface area contributed by atoms with Crippen LogP contribution in [0.2, 0.25) is 0 Å². The van der Waals surface area contributed by atoms with Gasteiger partial charge in [0.1, 0.15) is 0 Å². The van der Waals surface area contributed by atoms with Crippen molar-refractivity contribution in [1.29, 1.82) is 0 Å². The van der Waals surface area contributed by atoms with Gasteiger partial charge in [-0.25, -0.2) is 4.79 Å². The van der Waals surface area contributed by atoms with E-state index < -0.39 is 0 Å². The second kappa shape index (κ2) is 7.85. The van der Waals surface area contributed by atoms with Crippen molar-refractivity contribution in [3.8, 4) is 0 Å². The van der Waals surface area contributed by atoms with Gasteiger partial charge in [-0.2, -0.15) is 0 Å². The van der Waals surface area contributed by atoms with E-state index in [0.29, 0.717) is 17.9 Å². The number of rotatable bonds is 4. The van der Waals surface area contributed by atoms with Crippen molar-refractivity contribution >= 4 is 11.7 Å². The number of benzene rings is 1. The third kappa shape index (κ3) is 4.27. The molecule has 1 fully saturated rings. The monoisotopic (exact) mass is 316 g/mol. The van der Waals surface area contributed by atoms with Crippen LogP contribution >= 0.6 is 0 Å². The van der Waals surface area contributed by atoms with E-state index in [1.807, 2.05) is 11.9 Å². The summed E-state index contributed by atoms with van der Waals surface area (Å²) in [5, 5.41) is 3.23. The minimum Gasteiger partial charge on any atom is -0.325 e. The molecule has 3 heteroatoms. The minimum atomic E-state index is 0.0342. The quantitative estimate of drug-likeness (QED) is 0.756. The molecule has 0 spiro atoms. The van der Waals surface area contributed by atoms with Gasteiger partial charge in [-0.3, -0.25) is 0 Å². The molecule has 1 saturated carbocycles. The van der Waals surface area contributed by atoms with E-state index in [9.17, 15) is 4.79 Å². The Bertz CT molecular complexity index is 504. The molecule has 0 aromatic heterocycles. The molecule has 1 N–H and O–H groups in total. The SMILES string of the molecule is CC(C)c1cccc(C(C)C)c1NC(=O)N(C)C1CCCCC1. The number of amides is 2. The van der Waals surface area contributed by atoms with Gasteiger partial charge in [0.05, 0.1) is 0 Å². The zero-order valence-electron chi connectivity index (χ0n) is 15.4. The van der Waals surface area contributed by atoms with Crippen molar-refractivity contribution < 1.29 is 4.79 Å². The zero-order chi connectivity index (χ0) is 17.0. The van der Waals surface area contributed by atoms with Crippen molar-refractivity contribution in [1.82, 2.24) is 4.90 Å². The third-order valence-electron chi connectivity index (χ3n) is 5.05. The Morgan fingerprint density at radius 2 is 1.57 bits per heavy atom. The van der Waals surface area contributed by atoms with Crippen molar-refractivity contribution in [2.24, 2.45) is 0 Å². The Labute approximate surface area is 141 Å². The summed E-state index contributed by atoms with van der Waals surface area (Å²) in [4.78, 5) is 14.7. The maximum Gasteiger partial charge on any atom is 0.321 e.